The van der Waals surface area contributed by atoms with Crippen LogP contribution in [0.1, 0.15) is 10.6 Å². The van der Waals surface area contributed by atoms with E-state index >= 15 is 0 Å². The summed E-state index contributed by atoms with van der Waals surface area (Å²) in [6, 6.07) is 14.6. The molecule has 19 heavy (non-hydrogen) atoms. The second-order valence-electron chi connectivity index (χ2n) is 4.44. The van der Waals surface area contributed by atoms with Gasteiger partial charge in [-0.05, 0) is 37.3 Å². The van der Waals surface area contributed by atoms with Crippen molar-refractivity contribution in [3.05, 3.63) is 57.5 Å². The van der Waals surface area contributed by atoms with Gasteiger partial charge in [0.1, 0.15) is 5.01 Å². The molecule has 2 aromatic carbocycles. The number of aromatic nitrogens is 1. The zero-order chi connectivity index (χ0) is 13.2. The van der Waals surface area contributed by atoms with Gasteiger partial charge in [0.05, 0.1) is 16.8 Å². The maximum atomic E-state index is 4.62. The SMILES string of the molecule is Cc1ccc(NCc2nc3ccc(Br)cc3s2)cc1. The third-order valence-corrected chi connectivity index (χ3v) is 4.40. The van der Waals surface area contributed by atoms with Crippen LogP contribution in [0.3, 0.4) is 0 Å². The van der Waals surface area contributed by atoms with Crippen molar-refractivity contribution in [1.82, 2.24) is 4.98 Å². The van der Waals surface area contributed by atoms with Crippen LogP contribution in [-0.2, 0) is 6.54 Å². The van der Waals surface area contributed by atoms with E-state index in [1.54, 1.807) is 11.3 Å². The Morgan fingerprint density at radius 2 is 1.95 bits per heavy atom. The van der Waals surface area contributed by atoms with E-state index in [0.717, 1.165) is 27.2 Å². The van der Waals surface area contributed by atoms with Crippen molar-refractivity contribution in [1.29, 1.82) is 0 Å². The summed E-state index contributed by atoms with van der Waals surface area (Å²) in [5, 5.41) is 4.51. The van der Waals surface area contributed by atoms with Crippen LogP contribution >= 0.6 is 27.3 Å². The van der Waals surface area contributed by atoms with Crippen molar-refractivity contribution >= 4 is 43.2 Å². The number of hydrogen-bond donors (Lipinski definition) is 1. The fourth-order valence-electron chi connectivity index (χ4n) is 1.87. The van der Waals surface area contributed by atoms with E-state index in [-0.39, 0.29) is 0 Å². The lowest BCUT2D eigenvalue weighted by molar-refractivity contribution is 1.12. The standard InChI is InChI=1S/C15H13BrN2S/c1-10-2-5-12(6-3-10)17-9-15-18-13-7-4-11(16)8-14(13)19-15/h2-8,17H,9H2,1H3. The molecule has 0 aliphatic heterocycles. The van der Waals surface area contributed by atoms with Crippen LogP contribution in [-0.4, -0.2) is 4.98 Å². The maximum absolute atomic E-state index is 4.62. The number of hydrogen-bond acceptors (Lipinski definition) is 3. The molecule has 4 heteroatoms. The monoisotopic (exact) mass is 332 g/mol. The Kier molecular flexibility index (Phi) is 3.53. The predicted molar refractivity (Wildman–Crippen MR) is 85.8 cm³/mol. The minimum Gasteiger partial charge on any atom is -0.379 e. The molecule has 0 spiro atoms. The Morgan fingerprint density at radius 1 is 1.16 bits per heavy atom. The molecule has 2 nitrogen and oxygen atoms in total. The molecule has 0 unspecified atom stereocenters. The molecule has 1 aromatic heterocycles. The molecule has 0 bridgehead atoms. The van der Waals surface area contributed by atoms with Crippen molar-refractivity contribution in [2.24, 2.45) is 0 Å². The molecule has 3 rings (SSSR count). The van der Waals surface area contributed by atoms with Crippen molar-refractivity contribution < 1.29 is 0 Å². The molecule has 0 aliphatic rings. The molecule has 1 N–H and O–H groups in total. The first-order valence-corrected chi connectivity index (χ1v) is 7.67. The topological polar surface area (TPSA) is 24.9 Å². The summed E-state index contributed by atoms with van der Waals surface area (Å²) in [5.74, 6) is 0. The van der Waals surface area contributed by atoms with Gasteiger partial charge >= 0.3 is 0 Å². The van der Waals surface area contributed by atoms with Crippen LogP contribution in [0.2, 0.25) is 0 Å². The van der Waals surface area contributed by atoms with E-state index in [4.69, 9.17) is 0 Å². The number of anilines is 1. The lowest BCUT2D eigenvalue weighted by Gasteiger charge is -2.03. The van der Waals surface area contributed by atoms with Gasteiger partial charge in [0.25, 0.3) is 0 Å². The van der Waals surface area contributed by atoms with Crippen LogP contribution in [0, 0.1) is 6.92 Å². The van der Waals surface area contributed by atoms with Crippen molar-refractivity contribution in [2.45, 2.75) is 13.5 Å². The van der Waals surface area contributed by atoms with Gasteiger partial charge in [-0.15, -0.1) is 11.3 Å². The first kappa shape index (κ1) is 12.6. The van der Waals surface area contributed by atoms with Gasteiger partial charge in [0.2, 0.25) is 0 Å². The van der Waals surface area contributed by atoms with Gasteiger partial charge in [0, 0.05) is 10.2 Å². The molecular formula is C15H13BrN2S. The minimum atomic E-state index is 0.764. The highest BCUT2D eigenvalue weighted by Gasteiger charge is 2.04. The second-order valence-corrected chi connectivity index (χ2v) is 6.47. The van der Waals surface area contributed by atoms with Crippen molar-refractivity contribution in [2.75, 3.05) is 5.32 Å². The van der Waals surface area contributed by atoms with Crippen LogP contribution in [0.4, 0.5) is 5.69 Å². The second kappa shape index (κ2) is 5.31. The number of thiazole rings is 1. The molecule has 0 atom stereocenters. The van der Waals surface area contributed by atoms with Crippen LogP contribution in [0.15, 0.2) is 46.9 Å². The number of nitrogens with zero attached hydrogens (tertiary/aromatic N) is 1. The average molecular weight is 333 g/mol. The summed E-state index contributed by atoms with van der Waals surface area (Å²) in [4.78, 5) is 4.62. The molecule has 0 aliphatic carbocycles. The number of rotatable bonds is 3. The molecule has 0 saturated heterocycles. The summed E-state index contributed by atoms with van der Waals surface area (Å²) in [6.07, 6.45) is 0. The molecule has 1 heterocycles. The number of halogens is 1. The Morgan fingerprint density at radius 3 is 2.74 bits per heavy atom. The van der Waals surface area contributed by atoms with Gasteiger partial charge in [0.15, 0.2) is 0 Å². The summed E-state index contributed by atoms with van der Waals surface area (Å²) in [5.41, 5.74) is 3.47. The number of fused-ring (bicyclic) bond motifs is 1. The smallest absolute Gasteiger partial charge is 0.113 e. The highest BCUT2D eigenvalue weighted by molar-refractivity contribution is 9.10. The number of aryl methyl sites for hydroxylation is 1. The maximum Gasteiger partial charge on any atom is 0.113 e. The van der Waals surface area contributed by atoms with Gasteiger partial charge in [-0.2, -0.15) is 0 Å². The first-order chi connectivity index (χ1) is 9.20. The Balaban J connectivity index is 1.76. The Bertz CT molecular complexity index is 704. The van der Waals surface area contributed by atoms with Gasteiger partial charge < -0.3 is 5.32 Å². The van der Waals surface area contributed by atoms with Gasteiger partial charge in [-0.25, -0.2) is 4.98 Å². The summed E-state index contributed by atoms with van der Waals surface area (Å²) >= 11 is 5.22. The summed E-state index contributed by atoms with van der Waals surface area (Å²) in [6.45, 7) is 2.86. The summed E-state index contributed by atoms with van der Waals surface area (Å²) in [7, 11) is 0. The third-order valence-electron chi connectivity index (χ3n) is 2.89. The van der Waals surface area contributed by atoms with Crippen LogP contribution < -0.4 is 5.32 Å². The van der Waals surface area contributed by atoms with Crippen LogP contribution in [0.5, 0.6) is 0 Å². The number of benzene rings is 2. The molecule has 0 fully saturated rings. The zero-order valence-electron chi connectivity index (χ0n) is 10.5. The van der Waals surface area contributed by atoms with Crippen LogP contribution in [0.25, 0.3) is 10.2 Å². The van der Waals surface area contributed by atoms with E-state index in [1.165, 1.54) is 10.3 Å². The fraction of sp³-hybridized carbons (Fsp3) is 0.133. The normalized spacial score (nSPS) is 10.8. The molecule has 3 aromatic rings. The third kappa shape index (κ3) is 2.96. The number of nitrogens with one attached hydrogen (secondary N) is 1. The zero-order valence-corrected chi connectivity index (χ0v) is 12.9. The minimum absolute atomic E-state index is 0.764. The quantitative estimate of drug-likeness (QED) is 0.731. The van der Waals surface area contributed by atoms with Gasteiger partial charge in [-0.3, -0.25) is 0 Å². The molecular weight excluding hydrogens is 320 g/mol. The van der Waals surface area contributed by atoms with E-state index in [1.807, 2.05) is 12.1 Å². The van der Waals surface area contributed by atoms with Crippen molar-refractivity contribution in [3.8, 4) is 0 Å². The summed E-state index contributed by atoms with van der Waals surface area (Å²) < 4.78 is 2.32. The lowest BCUT2D eigenvalue weighted by atomic mass is 10.2. The Labute approximate surface area is 124 Å². The Hall–Kier alpha value is -1.39. The molecule has 96 valence electrons. The van der Waals surface area contributed by atoms with E-state index in [9.17, 15) is 0 Å². The first-order valence-electron chi connectivity index (χ1n) is 6.06. The fourth-order valence-corrected chi connectivity index (χ4v) is 3.33. The van der Waals surface area contributed by atoms with E-state index < -0.39 is 0 Å². The molecule has 0 saturated carbocycles. The largest absolute Gasteiger partial charge is 0.379 e. The highest BCUT2D eigenvalue weighted by atomic mass is 79.9. The lowest BCUT2D eigenvalue weighted by Crippen LogP contribution is -1.98. The average Bonchev–Trinajstić information content (AvgIpc) is 2.80. The molecule has 0 amide bonds. The van der Waals surface area contributed by atoms with E-state index in [2.05, 4.69) is 63.5 Å². The van der Waals surface area contributed by atoms with Gasteiger partial charge in [-0.1, -0.05) is 33.6 Å². The molecule has 0 radical (unpaired) electrons. The predicted octanol–water partition coefficient (Wildman–Crippen LogP) is 4.98. The van der Waals surface area contributed by atoms with E-state index in [0.29, 0.717) is 0 Å². The van der Waals surface area contributed by atoms with Crippen molar-refractivity contribution in [3.63, 3.8) is 0 Å². The highest BCUT2D eigenvalue weighted by Crippen LogP contribution is 2.26.